The molecule has 0 heterocycles. The van der Waals surface area contributed by atoms with Crippen molar-refractivity contribution in [2.24, 2.45) is 11.8 Å². The topological polar surface area (TPSA) is 0 Å². The van der Waals surface area contributed by atoms with Gasteiger partial charge in [-0.3, -0.25) is 0 Å². The highest BCUT2D eigenvalue weighted by molar-refractivity contribution is 5.18. The second kappa shape index (κ2) is 1.86. The molecule has 50 valence electrons. The van der Waals surface area contributed by atoms with Gasteiger partial charge < -0.3 is 0 Å². The van der Waals surface area contributed by atoms with Gasteiger partial charge in [0.25, 0.3) is 0 Å². The summed E-state index contributed by atoms with van der Waals surface area (Å²) in [4.78, 5) is 0. The average Bonchev–Trinajstić information content (AvgIpc) is 2.64. The summed E-state index contributed by atoms with van der Waals surface area (Å²) < 4.78 is 0. The Morgan fingerprint density at radius 2 is 2.56 bits per heavy atom. The normalized spacial score (nSPS) is 39.4. The predicted molar refractivity (Wildman–Crippen MR) is 39.2 cm³/mol. The van der Waals surface area contributed by atoms with Gasteiger partial charge in [-0.05, 0) is 37.5 Å². The molecule has 0 spiro atoms. The van der Waals surface area contributed by atoms with Crippen molar-refractivity contribution >= 4 is 0 Å². The first-order chi connectivity index (χ1) is 4.42. The standard InChI is InChI=1S/C9H14/c1-2-7-4-3-5-8-6-9(7)8/h4,8-9H,2-3,5-6H2,1H3. The van der Waals surface area contributed by atoms with E-state index in [2.05, 4.69) is 13.0 Å². The van der Waals surface area contributed by atoms with E-state index >= 15 is 0 Å². The van der Waals surface area contributed by atoms with Crippen LogP contribution in [0.1, 0.15) is 32.6 Å². The van der Waals surface area contributed by atoms with Crippen LogP contribution in [0, 0.1) is 11.8 Å². The van der Waals surface area contributed by atoms with Crippen molar-refractivity contribution in [2.45, 2.75) is 32.6 Å². The molecule has 2 unspecified atom stereocenters. The van der Waals surface area contributed by atoms with Crippen LogP contribution in [0.25, 0.3) is 0 Å². The van der Waals surface area contributed by atoms with Gasteiger partial charge in [0.05, 0.1) is 0 Å². The van der Waals surface area contributed by atoms with Gasteiger partial charge in [0, 0.05) is 0 Å². The van der Waals surface area contributed by atoms with Crippen LogP contribution in [-0.2, 0) is 0 Å². The Labute approximate surface area is 57.0 Å². The lowest BCUT2D eigenvalue weighted by Gasteiger charge is -2.08. The first-order valence-electron chi connectivity index (χ1n) is 4.10. The van der Waals surface area contributed by atoms with Crippen molar-refractivity contribution < 1.29 is 0 Å². The molecule has 0 aromatic rings. The fourth-order valence-electron chi connectivity index (χ4n) is 2.06. The Bertz CT molecular complexity index is 144. The molecule has 0 heteroatoms. The molecule has 2 rings (SSSR count). The smallest absolute Gasteiger partial charge is 0.0172 e. The van der Waals surface area contributed by atoms with Crippen LogP contribution < -0.4 is 0 Å². The van der Waals surface area contributed by atoms with Crippen LogP contribution in [0.4, 0.5) is 0 Å². The summed E-state index contributed by atoms with van der Waals surface area (Å²) in [7, 11) is 0. The summed E-state index contributed by atoms with van der Waals surface area (Å²) in [5, 5.41) is 0. The van der Waals surface area contributed by atoms with Crippen LogP contribution in [0.3, 0.4) is 0 Å². The van der Waals surface area contributed by atoms with Gasteiger partial charge in [0.1, 0.15) is 0 Å². The van der Waals surface area contributed by atoms with E-state index in [0.717, 1.165) is 11.8 Å². The van der Waals surface area contributed by atoms with Gasteiger partial charge in [-0.1, -0.05) is 18.6 Å². The molecule has 2 aliphatic carbocycles. The first-order valence-corrected chi connectivity index (χ1v) is 4.10. The molecule has 0 bridgehead atoms. The third-order valence-electron chi connectivity index (χ3n) is 2.75. The lowest BCUT2D eigenvalue weighted by molar-refractivity contribution is 0.647. The quantitative estimate of drug-likeness (QED) is 0.469. The second-order valence-corrected chi connectivity index (χ2v) is 3.31. The molecular formula is C9H14. The van der Waals surface area contributed by atoms with Gasteiger partial charge in [-0.25, -0.2) is 0 Å². The lowest BCUT2D eigenvalue weighted by Crippen LogP contribution is -1.93. The summed E-state index contributed by atoms with van der Waals surface area (Å²) in [5.41, 5.74) is 1.76. The van der Waals surface area contributed by atoms with Gasteiger partial charge in [-0.15, -0.1) is 0 Å². The molecule has 0 N–H and O–H groups in total. The summed E-state index contributed by atoms with van der Waals surface area (Å²) in [6, 6.07) is 0. The summed E-state index contributed by atoms with van der Waals surface area (Å²) in [5.74, 6) is 2.16. The second-order valence-electron chi connectivity index (χ2n) is 3.31. The third kappa shape index (κ3) is 0.810. The Balaban J connectivity index is 2.10. The largest absolute Gasteiger partial charge is 0.0850 e. The molecule has 2 aliphatic rings. The summed E-state index contributed by atoms with van der Waals surface area (Å²) >= 11 is 0. The fraction of sp³-hybridized carbons (Fsp3) is 0.778. The molecule has 0 nitrogen and oxygen atoms in total. The van der Waals surface area contributed by atoms with Crippen molar-refractivity contribution in [3.05, 3.63) is 11.6 Å². The Kier molecular flexibility index (Phi) is 1.14. The minimum absolute atomic E-state index is 1.05. The van der Waals surface area contributed by atoms with Crippen molar-refractivity contribution in [1.29, 1.82) is 0 Å². The maximum Gasteiger partial charge on any atom is -0.0172 e. The molecule has 0 aromatic heterocycles. The zero-order valence-corrected chi connectivity index (χ0v) is 6.06. The van der Waals surface area contributed by atoms with Crippen LogP contribution >= 0.6 is 0 Å². The van der Waals surface area contributed by atoms with Gasteiger partial charge in [0.15, 0.2) is 0 Å². The van der Waals surface area contributed by atoms with E-state index in [9.17, 15) is 0 Å². The molecule has 2 atom stereocenters. The van der Waals surface area contributed by atoms with Crippen molar-refractivity contribution in [2.75, 3.05) is 0 Å². The lowest BCUT2D eigenvalue weighted by atomic mass is 9.98. The summed E-state index contributed by atoms with van der Waals surface area (Å²) in [6.45, 7) is 2.28. The van der Waals surface area contributed by atoms with Crippen LogP contribution in [0.2, 0.25) is 0 Å². The summed E-state index contributed by atoms with van der Waals surface area (Å²) in [6.07, 6.45) is 8.13. The number of allylic oxidation sites excluding steroid dienone is 2. The van der Waals surface area contributed by atoms with E-state index in [1.54, 1.807) is 5.57 Å². The molecule has 0 amide bonds. The minimum Gasteiger partial charge on any atom is -0.0850 e. The van der Waals surface area contributed by atoms with Gasteiger partial charge in [-0.2, -0.15) is 0 Å². The molecular weight excluding hydrogens is 108 g/mol. The zero-order valence-electron chi connectivity index (χ0n) is 6.06. The highest BCUT2D eigenvalue weighted by Crippen LogP contribution is 2.50. The average molecular weight is 122 g/mol. The van der Waals surface area contributed by atoms with Crippen LogP contribution in [0.15, 0.2) is 11.6 Å². The molecule has 0 aromatic carbocycles. The number of hydrogen-bond acceptors (Lipinski definition) is 0. The molecule has 0 aliphatic heterocycles. The van der Waals surface area contributed by atoms with E-state index < -0.39 is 0 Å². The maximum atomic E-state index is 2.47. The highest BCUT2D eigenvalue weighted by Gasteiger charge is 2.39. The first kappa shape index (κ1) is 5.52. The number of rotatable bonds is 1. The van der Waals surface area contributed by atoms with Crippen molar-refractivity contribution in [3.8, 4) is 0 Å². The molecule has 0 saturated heterocycles. The van der Waals surface area contributed by atoms with E-state index in [1.807, 2.05) is 0 Å². The van der Waals surface area contributed by atoms with Gasteiger partial charge >= 0.3 is 0 Å². The maximum absolute atomic E-state index is 2.47. The zero-order chi connectivity index (χ0) is 6.27. The fourth-order valence-corrected chi connectivity index (χ4v) is 2.06. The predicted octanol–water partition coefficient (Wildman–Crippen LogP) is 2.75. The Morgan fingerprint density at radius 3 is 3.22 bits per heavy atom. The van der Waals surface area contributed by atoms with Crippen molar-refractivity contribution in [1.82, 2.24) is 0 Å². The number of fused-ring (bicyclic) bond motifs is 1. The van der Waals surface area contributed by atoms with E-state index in [1.165, 1.54) is 25.7 Å². The monoisotopic (exact) mass is 122 g/mol. The minimum atomic E-state index is 1.05. The third-order valence-corrected chi connectivity index (χ3v) is 2.75. The molecule has 0 radical (unpaired) electrons. The SMILES string of the molecule is CCC1=CCCC2CC12. The van der Waals surface area contributed by atoms with E-state index in [4.69, 9.17) is 0 Å². The Hall–Kier alpha value is -0.260. The van der Waals surface area contributed by atoms with Crippen LogP contribution in [0.5, 0.6) is 0 Å². The van der Waals surface area contributed by atoms with E-state index in [-0.39, 0.29) is 0 Å². The molecule has 1 saturated carbocycles. The van der Waals surface area contributed by atoms with Gasteiger partial charge in [0.2, 0.25) is 0 Å². The molecule has 1 fully saturated rings. The highest BCUT2D eigenvalue weighted by atomic mass is 14.4. The van der Waals surface area contributed by atoms with Crippen molar-refractivity contribution in [3.63, 3.8) is 0 Å². The Morgan fingerprint density at radius 1 is 1.67 bits per heavy atom. The van der Waals surface area contributed by atoms with E-state index in [0.29, 0.717) is 0 Å². The van der Waals surface area contributed by atoms with Crippen LogP contribution in [-0.4, -0.2) is 0 Å². The number of hydrogen-bond donors (Lipinski definition) is 0. The molecule has 9 heavy (non-hydrogen) atoms.